The molecule has 0 saturated carbocycles. The molecule has 1 amide bonds. The molecule has 0 spiro atoms. The van der Waals surface area contributed by atoms with Crippen LogP contribution in [0.2, 0.25) is 0 Å². The highest BCUT2D eigenvalue weighted by atomic mass is 16.5. The molecule has 1 aliphatic rings. The van der Waals surface area contributed by atoms with E-state index in [1.165, 1.54) is 0 Å². The number of hydrogen-bond acceptors (Lipinski definition) is 4. The number of carbonyl (C=O) groups excluding carboxylic acids is 1. The Morgan fingerprint density at radius 2 is 2.20 bits per heavy atom. The highest BCUT2D eigenvalue weighted by Crippen LogP contribution is 2.18. The molecule has 2 rings (SSSR count). The minimum atomic E-state index is 0.0900. The Morgan fingerprint density at radius 3 is 2.80 bits per heavy atom. The summed E-state index contributed by atoms with van der Waals surface area (Å²) in [5.74, 6) is 0.0900. The lowest BCUT2D eigenvalue weighted by atomic mass is 10.1. The number of nitrogens with two attached hydrogens (primary N) is 1. The summed E-state index contributed by atoms with van der Waals surface area (Å²) < 4.78 is 7.35. The molecule has 1 fully saturated rings. The fourth-order valence-electron chi connectivity index (χ4n) is 2.60. The van der Waals surface area contributed by atoms with Crippen LogP contribution in [-0.2, 0) is 18.2 Å². The molecular formula is C14H24N4O2. The van der Waals surface area contributed by atoms with Crippen molar-refractivity contribution in [2.24, 2.45) is 12.8 Å². The van der Waals surface area contributed by atoms with Crippen molar-refractivity contribution in [1.82, 2.24) is 14.7 Å². The number of hydrogen-bond donors (Lipinski definition) is 1. The zero-order valence-electron chi connectivity index (χ0n) is 12.3. The second-order valence-corrected chi connectivity index (χ2v) is 5.17. The molecule has 2 heterocycles. The van der Waals surface area contributed by atoms with Gasteiger partial charge in [-0.3, -0.25) is 9.48 Å². The molecule has 2 N–H and O–H groups in total. The van der Waals surface area contributed by atoms with Gasteiger partial charge in [0.25, 0.3) is 5.91 Å². The number of carbonyl (C=O) groups is 1. The molecular weight excluding hydrogens is 256 g/mol. The summed E-state index contributed by atoms with van der Waals surface area (Å²) in [6.07, 6.45) is 4.60. The van der Waals surface area contributed by atoms with Gasteiger partial charge in [0.05, 0.1) is 24.0 Å². The molecule has 112 valence electrons. The van der Waals surface area contributed by atoms with Crippen LogP contribution in [-0.4, -0.2) is 52.9 Å². The Bertz CT molecular complexity index is 450. The molecule has 0 bridgehead atoms. The van der Waals surface area contributed by atoms with E-state index in [1.807, 2.05) is 25.1 Å². The topological polar surface area (TPSA) is 73.4 Å². The van der Waals surface area contributed by atoms with E-state index in [-0.39, 0.29) is 12.0 Å². The van der Waals surface area contributed by atoms with Crippen molar-refractivity contribution in [3.63, 3.8) is 0 Å². The van der Waals surface area contributed by atoms with Gasteiger partial charge < -0.3 is 15.4 Å². The number of likely N-dealkylation sites (tertiary alicyclic amines) is 1. The normalized spacial score (nSPS) is 16.6. The number of ether oxygens (including phenoxy) is 1. The van der Waals surface area contributed by atoms with Gasteiger partial charge in [-0.1, -0.05) is 6.92 Å². The van der Waals surface area contributed by atoms with Gasteiger partial charge in [-0.05, 0) is 19.3 Å². The largest absolute Gasteiger partial charge is 0.377 e. The maximum absolute atomic E-state index is 12.5. The van der Waals surface area contributed by atoms with Crippen LogP contribution in [0.25, 0.3) is 0 Å². The van der Waals surface area contributed by atoms with Gasteiger partial charge in [0.15, 0.2) is 0 Å². The van der Waals surface area contributed by atoms with E-state index >= 15 is 0 Å². The van der Waals surface area contributed by atoms with Crippen LogP contribution >= 0.6 is 0 Å². The maximum Gasteiger partial charge on any atom is 0.257 e. The third kappa shape index (κ3) is 3.37. The number of aromatic nitrogens is 2. The smallest absolute Gasteiger partial charge is 0.257 e. The fourth-order valence-corrected chi connectivity index (χ4v) is 2.60. The van der Waals surface area contributed by atoms with Gasteiger partial charge in [-0.15, -0.1) is 0 Å². The molecule has 0 unspecified atom stereocenters. The van der Waals surface area contributed by atoms with Crippen LogP contribution in [0.1, 0.15) is 35.8 Å². The number of piperidine rings is 1. The second-order valence-electron chi connectivity index (χ2n) is 5.17. The fraction of sp³-hybridized carbons (Fsp3) is 0.714. The molecule has 6 nitrogen and oxygen atoms in total. The molecule has 1 aliphatic heterocycles. The van der Waals surface area contributed by atoms with Crippen LogP contribution in [0, 0.1) is 0 Å². The van der Waals surface area contributed by atoms with E-state index < -0.39 is 0 Å². The molecule has 1 aromatic rings. The highest BCUT2D eigenvalue weighted by molar-refractivity contribution is 5.95. The first kappa shape index (κ1) is 15.0. The van der Waals surface area contributed by atoms with Gasteiger partial charge in [0.1, 0.15) is 0 Å². The summed E-state index contributed by atoms with van der Waals surface area (Å²) in [7, 11) is 1.85. The summed E-state index contributed by atoms with van der Waals surface area (Å²) >= 11 is 0. The highest BCUT2D eigenvalue weighted by Gasteiger charge is 2.26. The van der Waals surface area contributed by atoms with Crippen molar-refractivity contribution in [3.05, 3.63) is 17.5 Å². The quantitative estimate of drug-likeness (QED) is 0.855. The minimum Gasteiger partial charge on any atom is -0.377 e. The predicted molar refractivity (Wildman–Crippen MR) is 76.5 cm³/mol. The van der Waals surface area contributed by atoms with Crippen molar-refractivity contribution in [2.45, 2.75) is 32.3 Å². The van der Waals surface area contributed by atoms with Crippen LogP contribution in [0.5, 0.6) is 0 Å². The van der Waals surface area contributed by atoms with Gasteiger partial charge in [-0.25, -0.2) is 0 Å². The Labute approximate surface area is 119 Å². The van der Waals surface area contributed by atoms with Crippen molar-refractivity contribution in [1.29, 1.82) is 0 Å². The summed E-state index contributed by atoms with van der Waals surface area (Å²) in [4.78, 5) is 14.4. The maximum atomic E-state index is 12.5. The lowest BCUT2D eigenvalue weighted by Crippen LogP contribution is -2.41. The molecule has 6 heteroatoms. The molecule has 0 aliphatic carbocycles. The summed E-state index contributed by atoms with van der Waals surface area (Å²) in [5, 5.41) is 4.33. The van der Waals surface area contributed by atoms with Crippen molar-refractivity contribution in [3.8, 4) is 0 Å². The van der Waals surface area contributed by atoms with Crippen LogP contribution < -0.4 is 5.73 Å². The van der Waals surface area contributed by atoms with Crippen LogP contribution in [0.3, 0.4) is 0 Å². The van der Waals surface area contributed by atoms with Gasteiger partial charge in [-0.2, -0.15) is 5.10 Å². The zero-order chi connectivity index (χ0) is 14.5. The van der Waals surface area contributed by atoms with Crippen molar-refractivity contribution in [2.75, 3.05) is 26.2 Å². The molecule has 1 aromatic heterocycles. The van der Waals surface area contributed by atoms with E-state index in [1.54, 1.807) is 4.68 Å². The Balaban J connectivity index is 1.94. The third-order valence-corrected chi connectivity index (χ3v) is 3.67. The summed E-state index contributed by atoms with van der Waals surface area (Å²) in [6.45, 7) is 4.65. The lowest BCUT2D eigenvalue weighted by molar-refractivity contribution is 0.0121. The second kappa shape index (κ2) is 6.85. The van der Waals surface area contributed by atoms with E-state index in [0.29, 0.717) is 13.2 Å². The average Bonchev–Trinajstić information content (AvgIpc) is 2.86. The monoisotopic (exact) mass is 280 g/mol. The molecule has 0 aromatic carbocycles. The summed E-state index contributed by atoms with van der Waals surface area (Å²) in [6, 6.07) is 0. The van der Waals surface area contributed by atoms with Crippen LogP contribution in [0.15, 0.2) is 6.20 Å². The Morgan fingerprint density at radius 1 is 1.50 bits per heavy atom. The van der Waals surface area contributed by atoms with E-state index in [4.69, 9.17) is 10.5 Å². The van der Waals surface area contributed by atoms with E-state index in [0.717, 1.165) is 43.6 Å². The van der Waals surface area contributed by atoms with Gasteiger partial charge in [0, 0.05) is 32.9 Å². The van der Waals surface area contributed by atoms with Gasteiger partial charge in [0.2, 0.25) is 0 Å². The molecule has 0 radical (unpaired) electrons. The third-order valence-electron chi connectivity index (χ3n) is 3.67. The number of amides is 1. The number of rotatable bonds is 5. The van der Waals surface area contributed by atoms with E-state index in [2.05, 4.69) is 5.10 Å². The Hall–Kier alpha value is -1.40. The SMILES string of the molecule is CCc1nn(C)cc1C(=O)N1CCC(OCCN)CC1. The lowest BCUT2D eigenvalue weighted by Gasteiger charge is -2.31. The van der Waals surface area contributed by atoms with Crippen molar-refractivity contribution < 1.29 is 9.53 Å². The van der Waals surface area contributed by atoms with Crippen LogP contribution in [0.4, 0.5) is 0 Å². The first-order valence-electron chi connectivity index (χ1n) is 7.29. The van der Waals surface area contributed by atoms with Crippen molar-refractivity contribution >= 4 is 5.91 Å². The molecule has 0 atom stereocenters. The zero-order valence-corrected chi connectivity index (χ0v) is 12.3. The Kier molecular flexibility index (Phi) is 5.14. The average molecular weight is 280 g/mol. The first-order chi connectivity index (χ1) is 9.65. The summed E-state index contributed by atoms with van der Waals surface area (Å²) in [5.41, 5.74) is 7.04. The van der Waals surface area contributed by atoms with Gasteiger partial charge >= 0.3 is 0 Å². The first-order valence-corrected chi connectivity index (χ1v) is 7.29. The number of nitrogens with zero attached hydrogens (tertiary/aromatic N) is 3. The molecule has 1 saturated heterocycles. The molecule has 20 heavy (non-hydrogen) atoms. The minimum absolute atomic E-state index is 0.0900. The standard InChI is InChI=1S/C14H24N4O2/c1-3-13-12(10-17(2)16-13)14(19)18-7-4-11(5-8-18)20-9-6-15/h10-11H,3-9,15H2,1-2H3. The number of aryl methyl sites for hydroxylation is 2. The van der Waals surface area contributed by atoms with E-state index in [9.17, 15) is 4.79 Å². The predicted octanol–water partition coefficient (Wildman–Crippen LogP) is 0.562.